The molecule has 0 radical (unpaired) electrons. The van der Waals surface area contributed by atoms with Crippen LogP contribution in [-0.2, 0) is 0 Å². The number of fused-ring (bicyclic) bond motifs is 1. The number of unbranched alkanes of at least 4 members (excludes halogenated alkanes) is 3. The van der Waals surface area contributed by atoms with Gasteiger partial charge in [-0.1, -0.05) is 43.9 Å². The third-order valence-corrected chi connectivity index (χ3v) is 2.46. The molecule has 0 fully saturated rings. The zero-order chi connectivity index (χ0) is 11.1. The van der Waals surface area contributed by atoms with Crippen molar-refractivity contribution in [1.82, 2.24) is 0 Å². The smallest absolute Gasteiger partial charge is 0.188 e. The van der Waals surface area contributed by atoms with Gasteiger partial charge in [-0.05, 0) is 25.1 Å². The van der Waals surface area contributed by atoms with Crippen molar-refractivity contribution < 1.29 is 4.74 Å². The van der Waals surface area contributed by atoms with Crippen molar-refractivity contribution in [1.29, 1.82) is 0 Å². The normalized spacial score (nSPS) is 10.9. The average molecular weight is 228 g/mol. The molecule has 0 saturated carbocycles. The van der Waals surface area contributed by atoms with E-state index in [-0.39, 0.29) is 0 Å². The Kier molecular flexibility index (Phi) is 5.51. The summed E-state index contributed by atoms with van der Waals surface area (Å²) in [6, 6.07) is 5.57. The molecule has 0 aromatic heterocycles. The number of hydrogen-bond donors (Lipinski definition) is 1. The molecular weight excluding hydrogens is 210 g/mol. The van der Waals surface area contributed by atoms with Crippen LogP contribution in [0.15, 0.2) is 18.2 Å². The fraction of sp³-hybridized carbons (Fsp3) is 0.500. The highest BCUT2D eigenvalue weighted by molar-refractivity contribution is 6.32. The predicted molar refractivity (Wildman–Crippen MR) is 64.7 cm³/mol. The van der Waals surface area contributed by atoms with Gasteiger partial charge in [0.05, 0.1) is 5.02 Å². The van der Waals surface area contributed by atoms with E-state index in [1.165, 1.54) is 25.7 Å². The molecule has 2 rings (SSSR count). The SMILES string of the molecule is CCCCCCN.Clc1cccc2c1O2. The van der Waals surface area contributed by atoms with Gasteiger partial charge in [-0.3, -0.25) is 0 Å². The van der Waals surface area contributed by atoms with E-state index in [2.05, 4.69) is 6.92 Å². The number of rotatable bonds is 4. The second-order valence-electron chi connectivity index (χ2n) is 3.52. The number of benzene rings is 1. The van der Waals surface area contributed by atoms with Gasteiger partial charge in [-0.25, -0.2) is 0 Å². The van der Waals surface area contributed by atoms with Crippen molar-refractivity contribution in [3.63, 3.8) is 0 Å². The highest BCUT2D eigenvalue weighted by atomic mass is 35.5. The zero-order valence-corrected chi connectivity index (χ0v) is 9.89. The second kappa shape index (κ2) is 6.70. The molecule has 1 aliphatic rings. The second-order valence-corrected chi connectivity index (χ2v) is 3.93. The van der Waals surface area contributed by atoms with Crippen LogP contribution in [0.2, 0.25) is 5.02 Å². The molecule has 0 bridgehead atoms. The standard InChI is InChI=1S/C6H3ClO.C6H15N/c7-4-2-1-3-5-6(4)8-5;1-2-3-4-5-6-7/h1-3H;2-7H2,1H3. The van der Waals surface area contributed by atoms with Crippen molar-refractivity contribution >= 4 is 11.6 Å². The van der Waals surface area contributed by atoms with E-state index in [4.69, 9.17) is 22.1 Å². The van der Waals surface area contributed by atoms with E-state index in [1.807, 2.05) is 18.2 Å². The maximum absolute atomic E-state index is 5.64. The van der Waals surface area contributed by atoms with Gasteiger partial charge in [-0.2, -0.15) is 0 Å². The lowest BCUT2D eigenvalue weighted by Crippen LogP contribution is -1.97. The molecule has 15 heavy (non-hydrogen) atoms. The highest BCUT2D eigenvalue weighted by Gasteiger charge is 2.21. The Morgan fingerprint density at radius 1 is 1.27 bits per heavy atom. The molecule has 0 aliphatic carbocycles. The van der Waals surface area contributed by atoms with Gasteiger partial charge in [0.1, 0.15) is 0 Å². The topological polar surface area (TPSA) is 38.5 Å². The van der Waals surface area contributed by atoms with Crippen molar-refractivity contribution in [2.24, 2.45) is 5.73 Å². The third kappa shape index (κ3) is 4.54. The fourth-order valence-electron chi connectivity index (χ4n) is 1.23. The summed E-state index contributed by atoms with van der Waals surface area (Å²) in [5.41, 5.74) is 5.27. The van der Waals surface area contributed by atoms with Gasteiger partial charge in [0.25, 0.3) is 0 Å². The molecule has 84 valence electrons. The van der Waals surface area contributed by atoms with Crippen LogP contribution < -0.4 is 10.5 Å². The molecule has 0 unspecified atom stereocenters. The van der Waals surface area contributed by atoms with E-state index in [0.717, 1.165) is 18.0 Å². The number of nitrogens with two attached hydrogens (primary N) is 1. The zero-order valence-electron chi connectivity index (χ0n) is 9.13. The van der Waals surface area contributed by atoms with Gasteiger partial charge < -0.3 is 10.5 Å². The molecule has 2 nitrogen and oxygen atoms in total. The molecular formula is C12H18ClNO. The number of ether oxygens (including phenoxy) is 1. The Morgan fingerprint density at radius 3 is 2.60 bits per heavy atom. The highest BCUT2D eigenvalue weighted by Crippen LogP contribution is 2.49. The molecule has 0 spiro atoms. The monoisotopic (exact) mass is 227 g/mol. The Bertz CT molecular complexity index is 298. The Labute approximate surface area is 96.4 Å². The minimum Gasteiger partial charge on any atom is -0.448 e. The van der Waals surface area contributed by atoms with Crippen molar-refractivity contribution in [2.45, 2.75) is 32.6 Å². The summed E-state index contributed by atoms with van der Waals surface area (Å²) in [4.78, 5) is 0. The van der Waals surface area contributed by atoms with Crippen molar-refractivity contribution in [2.75, 3.05) is 6.54 Å². The van der Waals surface area contributed by atoms with Crippen molar-refractivity contribution in [3.05, 3.63) is 23.2 Å². The Balaban J connectivity index is 0.000000153. The molecule has 0 atom stereocenters. The summed E-state index contributed by atoms with van der Waals surface area (Å²) in [5, 5.41) is 0.711. The maximum Gasteiger partial charge on any atom is 0.188 e. The molecule has 1 heterocycles. The molecule has 0 amide bonds. The van der Waals surface area contributed by atoms with Crippen LogP contribution in [0.3, 0.4) is 0 Å². The van der Waals surface area contributed by atoms with Crippen LogP contribution in [0.25, 0.3) is 0 Å². The van der Waals surface area contributed by atoms with E-state index in [1.54, 1.807) is 0 Å². The fourth-order valence-corrected chi connectivity index (χ4v) is 1.43. The first-order valence-corrected chi connectivity index (χ1v) is 5.83. The van der Waals surface area contributed by atoms with Crippen LogP contribution in [0.5, 0.6) is 11.5 Å². The van der Waals surface area contributed by atoms with Gasteiger partial charge in [0.15, 0.2) is 11.5 Å². The summed E-state index contributed by atoms with van der Waals surface area (Å²) in [6.45, 7) is 3.07. The minimum absolute atomic E-state index is 0.711. The molecule has 2 N–H and O–H groups in total. The molecule has 1 aromatic carbocycles. The van der Waals surface area contributed by atoms with Crippen LogP contribution in [0, 0.1) is 0 Å². The number of hydrogen-bond acceptors (Lipinski definition) is 2. The lowest BCUT2D eigenvalue weighted by atomic mass is 10.2. The van der Waals surface area contributed by atoms with Crippen LogP contribution in [-0.4, -0.2) is 6.54 Å². The number of halogens is 1. The average Bonchev–Trinajstić information content (AvgIpc) is 3.00. The summed E-state index contributed by atoms with van der Waals surface area (Å²) < 4.78 is 4.94. The van der Waals surface area contributed by atoms with Gasteiger partial charge in [-0.15, -0.1) is 0 Å². The summed E-state index contributed by atoms with van der Waals surface area (Å²) >= 11 is 5.64. The van der Waals surface area contributed by atoms with Crippen LogP contribution in [0.4, 0.5) is 0 Å². The van der Waals surface area contributed by atoms with E-state index in [0.29, 0.717) is 5.02 Å². The van der Waals surface area contributed by atoms with Crippen LogP contribution in [0.1, 0.15) is 32.6 Å². The first-order valence-electron chi connectivity index (χ1n) is 5.46. The minimum atomic E-state index is 0.711. The largest absolute Gasteiger partial charge is 0.448 e. The lowest BCUT2D eigenvalue weighted by molar-refractivity contribution is 0.650. The Morgan fingerprint density at radius 2 is 2.07 bits per heavy atom. The first-order chi connectivity index (χ1) is 7.29. The summed E-state index contributed by atoms with van der Waals surface area (Å²) in [6.07, 6.45) is 5.16. The quantitative estimate of drug-likeness (QED) is 0.634. The summed E-state index contributed by atoms with van der Waals surface area (Å²) in [5.74, 6) is 1.76. The van der Waals surface area contributed by atoms with Gasteiger partial charge in [0.2, 0.25) is 0 Å². The molecule has 1 aromatic rings. The van der Waals surface area contributed by atoms with E-state index >= 15 is 0 Å². The van der Waals surface area contributed by atoms with Crippen LogP contribution >= 0.6 is 11.6 Å². The maximum atomic E-state index is 5.64. The molecule has 3 heteroatoms. The van der Waals surface area contributed by atoms with Gasteiger partial charge >= 0.3 is 0 Å². The Hall–Kier alpha value is -0.730. The lowest BCUT2D eigenvalue weighted by Gasteiger charge is -1.90. The van der Waals surface area contributed by atoms with E-state index in [9.17, 15) is 0 Å². The summed E-state index contributed by atoms with van der Waals surface area (Å²) in [7, 11) is 0. The third-order valence-electron chi connectivity index (χ3n) is 2.16. The number of para-hydroxylation sites is 1. The van der Waals surface area contributed by atoms with Gasteiger partial charge in [0, 0.05) is 0 Å². The molecule has 0 saturated heterocycles. The van der Waals surface area contributed by atoms with E-state index < -0.39 is 0 Å². The first kappa shape index (κ1) is 12.3. The van der Waals surface area contributed by atoms with Crippen molar-refractivity contribution in [3.8, 4) is 11.5 Å². The predicted octanol–water partition coefficient (Wildman–Crippen LogP) is 3.97. The molecule has 1 aliphatic heterocycles.